The number of rotatable bonds is 2. The summed E-state index contributed by atoms with van der Waals surface area (Å²) in [6.45, 7) is 9.50. The minimum absolute atomic E-state index is 0.0497. The molecule has 0 amide bonds. The number of hydrogen-bond acceptors (Lipinski definition) is 6. The molecule has 7 heterocycles. The number of piperidine rings is 4. The van der Waals surface area contributed by atoms with Crippen LogP contribution in [0.25, 0.3) is 0 Å². The summed E-state index contributed by atoms with van der Waals surface area (Å²) < 4.78 is 25.9. The normalized spacial score (nSPS) is 47.4. The van der Waals surface area contributed by atoms with Crippen molar-refractivity contribution in [1.82, 2.24) is 9.80 Å². The third-order valence-electron chi connectivity index (χ3n) is 10.7. The lowest BCUT2D eigenvalue weighted by Crippen LogP contribution is -2.76. The van der Waals surface area contributed by atoms with Gasteiger partial charge in [-0.05, 0) is 89.2 Å². The summed E-state index contributed by atoms with van der Waals surface area (Å²) in [5.74, 6) is 1.33. The van der Waals surface area contributed by atoms with Crippen molar-refractivity contribution >= 4 is 0 Å². The average molecular weight is 495 g/mol. The van der Waals surface area contributed by atoms with E-state index in [1.807, 2.05) is 25.1 Å². The highest BCUT2D eigenvalue weighted by molar-refractivity contribution is 5.19. The Balaban J connectivity index is 1.26. The lowest BCUT2D eigenvalue weighted by Gasteiger charge is -2.67. The largest absolute Gasteiger partial charge is 0.472 e. The monoisotopic (exact) mass is 494 g/mol. The maximum absolute atomic E-state index is 7.39. The van der Waals surface area contributed by atoms with Gasteiger partial charge in [0.05, 0.1) is 25.1 Å². The molecule has 6 heteroatoms. The molecule has 0 N–H and O–H groups in total. The summed E-state index contributed by atoms with van der Waals surface area (Å²) in [4.78, 5) is 5.39. The zero-order valence-corrected chi connectivity index (χ0v) is 22.3. The van der Waals surface area contributed by atoms with E-state index in [9.17, 15) is 0 Å². The highest BCUT2D eigenvalue weighted by Crippen LogP contribution is 2.56. The van der Waals surface area contributed by atoms with Crippen LogP contribution < -0.4 is 0 Å². The molecule has 36 heavy (non-hydrogen) atoms. The number of fused-ring (bicyclic) bond motifs is 6. The molecule has 7 rings (SSSR count). The Hall–Kier alpha value is -1.60. The minimum atomic E-state index is -0.344. The standard InChI is InChI=1S/C30H42N2O4/c1-19-5-7-25(21-11-15-33-17-21)31-23(19)9-13-29(3)27(31)35-30(4)14-10-24-20(2)6-8-26(22-12-16-34-18-22)32(24)28(30)36-29/h11-12,15-20,23-28H,5-10,13-14H2,1-4H3/t19-,20-,23+,24+,25+,26+,27-,28-,29-,30-/m1/s1. The van der Waals surface area contributed by atoms with E-state index in [0.29, 0.717) is 36.0 Å². The first kappa shape index (κ1) is 23.5. The molecule has 196 valence electrons. The van der Waals surface area contributed by atoms with Gasteiger partial charge in [-0.1, -0.05) is 13.8 Å². The molecule has 5 saturated heterocycles. The van der Waals surface area contributed by atoms with Gasteiger partial charge in [-0.15, -0.1) is 0 Å². The van der Waals surface area contributed by atoms with Crippen LogP contribution in [-0.4, -0.2) is 45.5 Å². The van der Waals surface area contributed by atoms with E-state index in [1.54, 1.807) is 0 Å². The molecule has 0 unspecified atom stereocenters. The molecule has 5 aliphatic heterocycles. The minimum Gasteiger partial charge on any atom is -0.472 e. The van der Waals surface area contributed by atoms with Crippen molar-refractivity contribution < 1.29 is 18.3 Å². The van der Waals surface area contributed by atoms with Crippen LogP contribution in [0.3, 0.4) is 0 Å². The predicted molar refractivity (Wildman–Crippen MR) is 136 cm³/mol. The quantitative estimate of drug-likeness (QED) is 0.465. The van der Waals surface area contributed by atoms with E-state index < -0.39 is 0 Å². The smallest absolute Gasteiger partial charge is 0.141 e. The molecule has 6 nitrogen and oxygen atoms in total. The maximum atomic E-state index is 7.39. The van der Waals surface area contributed by atoms with Gasteiger partial charge < -0.3 is 18.3 Å². The molecule has 0 saturated carbocycles. The van der Waals surface area contributed by atoms with Crippen LogP contribution in [0.5, 0.6) is 0 Å². The molecule has 0 radical (unpaired) electrons. The van der Waals surface area contributed by atoms with Crippen molar-refractivity contribution in [1.29, 1.82) is 0 Å². The number of furan rings is 2. The fourth-order valence-electron chi connectivity index (χ4n) is 8.58. The molecule has 5 fully saturated rings. The Morgan fingerprint density at radius 1 is 0.667 bits per heavy atom. The molecule has 2 aromatic heterocycles. The molecule has 0 aliphatic carbocycles. The molecular weight excluding hydrogens is 452 g/mol. The van der Waals surface area contributed by atoms with Gasteiger partial charge in [0.2, 0.25) is 0 Å². The first-order valence-electron chi connectivity index (χ1n) is 14.3. The highest BCUT2D eigenvalue weighted by atomic mass is 16.6. The van der Waals surface area contributed by atoms with Crippen molar-refractivity contribution in [3.63, 3.8) is 0 Å². The molecule has 10 atom stereocenters. The van der Waals surface area contributed by atoms with E-state index in [2.05, 4.69) is 49.6 Å². The lowest BCUT2D eigenvalue weighted by molar-refractivity contribution is -0.402. The van der Waals surface area contributed by atoms with Gasteiger partial charge in [0, 0.05) is 35.3 Å². The Morgan fingerprint density at radius 3 is 1.50 bits per heavy atom. The summed E-state index contributed by atoms with van der Waals surface area (Å²) in [6, 6.07) is 5.98. The average Bonchev–Trinajstić information content (AvgIpc) is 3.58. The zero-order chi connectivity index (χ0) is 24.7. The summed E-state index contributed by atoms with van der Waals surface area (Å²) in [6.07, 6.45) is 16.6. The van der Waals surface area contributed by atoms with Crippen LogP contribution in [0.1, 0.15) is 102 Å². The van der Waals surface area contributed by atoms with Crippen molar-refractivity contribution in [2.75, 3.05) is 0 Å². The van der Waals surface area contributed by atoms with Crippen molar-refractivity contribution in [3.05, 3.63) is 48.3 Å². The van der Waals surface area contributed by atoms with Gasteiger partial charge >= 0.3 is 0 Å². The van der Waals surface area contributed by atoms with E-state index in [4.69, 9.17) is 18.3 Å². The van der Waals surface area contributed by atoms with E-state index in [1.165, 1.54) is 24.0 Å². The van der Waals surface area contributed by atoms with Gasteiger partial charge in [-0.25, -0.2) is 0 Å². The zero-order valence-electron chi connectivity index (χ0n) is 22.3. The highest BCUT2D eigenvalue weighted by Gasteiger charge is 2.63. The van der Waals surface area contributed by atoms with Crippen molar-refractivity contribution in [2.45, 2.75) is 127 Å². The van der Waals surface area contributed by atoms with E-state index in [0.717, 1.165) is 38.5 Å². The van der Waals surface area contributed by atoms with Crippen LogP contribution in [0, 0.1) is 11.8 Å². The van der Waals surface area contributed by atoms with Crippen LogP contribution in [0.4, 0.5) is 0 Å². The fourth-order valence-corrected chi connectivity index (χ4v) is 8.58. The van der Waals surface area contributed by atoms with Crippen LogP contribution in [-0.2, 0) is 9.47 Å². The van der Waals surface area contributed by atoms with Gasteiger partial charge in [0.1, 0.15) is 23.7 Å². The Morgan fingerprint density at radius 2 is 1.11 bits per heavy atom. The first-order valence-corrected chi connectivity index (χ1v) is 14.3. The first-order chi connectivity index (χ1) is 17.4. The third-order valence-corrected chi connectivity index (χ3v) is 10.7. The van der Waals surface area contributed by atoms with E-state index >= 15 is 0 Å². The summed E-state index contributed by atoms with van der Waals surface area (Å²) in [5.41, 5.74) is 1.87. The summed E-state index contributed by atoms with van der Waals surface area (Å²) >= 11 is 0. The third kappa shape index (κ3) is 3.44. The summed E-state index contributed by atoms with van der Waals surface area (Å²) in [7, 11) is 0. The predicted octanol–water partition coefficient (Wildman–Crippen LogP) is 6.66. The maximum Gasteiger partial charge on any atom is 0.141 e. The molecule has 2 aromatic rings. The number of ether oxygens (including phenoxy) is 2. The summed E-state index contributed by atoms with van der Waals surface area (Å²) in [5, 5.41) is 0. The second kappa shape index (κ2) is 8.45. The molecule has 0 aromatic carbocycles. The molecule has 5 aliphatic rings. The Kier molecular flexibility index (Phi) is 5.52. The second-order valence-corrected chi connectivity index (χ2v) is 12.9. The Labute approximate surface area is 215 Å². The van der Waals surface area contributed by atoms with Crippen molar-refractivity contribution in [2.24, 2.45) is 11.8 Å². The fraction of sp³-hybridized carbons (Fsp3) is 0.733. The SMILES string of the molecule is C[C@@H]1CC[C@@H](c2ccoc2)N2[C@H]1CC[C@@]1(C)O[C@H]3N4[C@H](c5ccoc5)CC[C@@H](C)[C@@H]4CC[C@@]3(C)O[C@@H]21. The van der Waals surface area contributed by atoms with Crippen LogP contribution in [0.15, 0.2) is 46.0 Å². The van der Waals surface area contributed by atoms with E-state index in [-0.39, 0.29) is 23.7 Å². The topological polar surface area (TPSA) is 51.2 Å². The van der Waals surface area contributed by atoms with Crippen LogP contribution in [0.2, 0.25) is 0 Å². The second-order valence-electron chi connectivity index (χ2n) is 12.9. The van der Waals surface area contributed by atoms with Gasteiger partial charge in [-0.2, -0.15) is 0 Å². The van der Waals surface area contributed by atoms with Gasteiger partial charge in [0.25, 0.3) is 0 Å². The number of nitrogens with zero attached hydrogens (tertiary/aromatic N) is 2. The van der Waals surface area contributed by atoms with Crippen LogP contribution >= 0.6 is 0 Å². The Bertz CT molecular complexity index is 971. The van der Waals surface area contributed by atoms with Gasteiger partial charge in [0.15, 0.2) is 0 Å². The molecular formula is C30H42N2O4. The number of hydrogen-bond donors (Lipinski definition) is 0. The van der Waals surface area contributed by atoms with Gasteiger partial charge in [-0.3, -0.25) is 9.80 Å². The molecule has 0 spiro atoms. The van der Waals surface area contributed by atoms with Crippen molar-refractivity contribution in [3.8, 4) is 0 Å². The lowest BCUT2D eigenvalue weighted by atomic mass is 9.72. The molecule has 0 bridgehead atoms.